The average molecular weight is 304 g/mol. The van der Waals surface area contributed by atoms with Crippen molar-refractivity contribution in [3.8, 4) is 0 Å². The molecular weight excluding hydrogens is 276 g/mol. The van der Waals surface area contributed by atoms with Crippen molar-refractivity contribution in [3.05, 3.63) is 23.9 Å². The third-order valence-corrected chi connectivity index (χ3v) is 4.85. The number of rotatable bonds is 5. The molecule has 1 N–H and O–H groups in total. The van der Waals surface area contributed by atoms with Crippen LogP contribution in [0.1, 0.15) is 25.3 Å². The zero-order valence-corrected chi connectivity index (χ0v) is 13.8. The fourth-order valence-electron chi connectivity index (χ4n) is 3.76. The molecule has 0 saturated carbocycles. The Balaban J connectivity index is 1.62. The Hall–Kier alpha value is -1.17. The molecule has 122 valence electrons. The van der Waals surface area contributed by atoms with Crippen LogP contribution in [0.2, 0.25) is 0 Å². The molecule has 0 spiro atoms. The molecule has 5 nitrogen and oxygen atoms in total. The standard InChI is InChI=1S/C17H28N4O/c1-3-5-15-12-22-13-16-11-20(8-9-21(15)16)10-14-6-4-7-19-17(14)18-2/h4,6-7,15-16H,3,5,8-13H2,1-2H3,(H,18,19)/t15-,16+/m0/s1. The van der Waals surface area contributed by atoms with Crippen LogP contribution in [-0.4, -0.2) is 66.8 Å². The lowest BCUT2D eigenvalue weighted by Crippen LogP contribution is -2.61. The maximum absolute atomic E-state index is 5.85. The SMILES string of the molecule is CCC[C@H]1COC[C@H]2CN(Cc3cccnc3NC)CCN12. The molecule has 1 aromatic heterocycles. The molecule has 22 heavy (non-hydrogen) atoms. The normalized spacial score (nSPS) is 26.6. The molecular formula is C17H28N4O. The molecule has 0 unspecified atom stereocenters. The minimum atomic E-state index is 0.550. The first-order valence-corrected chi connectivity index (χ1v) is 8.49. The van der Waals surface area contributed by atoms with E-state index in [1.165, 1.54) is 18.4 Å². The van der Waals surface area contributed by atoms with Gasteiger partial charge in [-0.1, -0.05) is 19.4 Å². The highest BCUT2D eigenvalue weighted by Crippen LogP contribution is 2.23. The summed E-state index contributed by atoms with van der Waals surface area (Å²) in [6.07, 6.45) is 4.34. The van der Waals surface area contributed by atoms with Crippen LogP contribution in [0.3, 0.4) is 0 Å². The van der Waals surface area contributed by atoms with Gasteiger partial charge in [-0.2, -0.15) is 0 Å². The van der Waals surface area contributed by atoms with Crippen LogP contribution < -0.4 is 5.32 Å². The van der Waals surface area contributed by atoms with Crippen LogP contribution in [-0.2, 0) is 11.3 Å². The van der Waals surface area contributed by atoms with E-state index in [1.54, 1.807) is 0 Å². The van der Waals surface area contributed by atoms with Crippen LogP contribution in [0.15, 0.2) is 18.3 Å². The molecule has 0 amide bonds. The van der Waals surface area contributed by atoms with Gasteiger partial charge in [0.25, 0.3) is 0 Å². The van der Waals surface area contributed by atoms with Crippen LogP contribution >= 0.6 is 0 Å². The van der Waals surface area contributed by atoms with Gasteiger partial charge in [-0.05, 0) is 12.5 Å². The monoisotopic (exact) mass is 304 g/mol. The number of aromatic nitrogens is 1. The van der Waals surface area contributed by atoms with Crippen molar-refractivity contribution >= 4 is 5.82 Å². The van der Waals surface area contributed by atoms with Gasteiger partial charge in [0.15, 0.2) is 0 Å². The first-order chi connectivity index (χ1) is 10.8. The Morgan fingerprint density at radius 2 is 2.27 bits per heavy atom. The highest BCUT2D eigenvalue weighted by atomic mass is 16.5. The van der Waals surface area contributed by atoms with Crippen LogP contribution in [0.25, 0.3) is 0 Å². The van der Waals surface area contributed by atoms with E-state index in [2.05, 4.69) is 33.1 Å². The van der Waals surface area contributed by atoms with Gasteiger partial charge >= 0.3 is 0 Å². The Labute approximate surface area is 133 Å². The second-order valence-electron chi connectivity index (χ2n) is 6.37. The Morgan fingerprint density at radius 3 is 3.09 bits per heavy atom. The van der Waals surface area contributed by atoms with E-state index < -0.39 is 0 Å². The summed E-state index contributed by atoms with van der Waals surface area (Å²) in [7, 11) is 1.94. The van der Waals surface area contributed by atoms with Gasteiger partial charge in [0.2, 0.25) is 0 Å². The van der Waals surface area contributed by atoms with E-state index in [1.807, 2.05) is 19.3 Å². The maximum Gasteiger partial charge on any atom is 0.130 e. The van der Waals surface area contributed by atoms with E-state index in [0.29, 0.717) is 12.1 Å². The van der Waals surface area contributed by atoms with Crippen molar-refractivity contribution in [2.75, 3.05) is 45.2 Å². The summed E-state index contributed by atoms with van der Waals surface area (Å²) in [6.45, 7) is 8.41. The molecule has 2 atom stereocenters. The highest BCUT2D eigenvalue weighted by molar-refractivity contribution is 5.42. The number of nitrogens with zero attached hydrogens (tertiary/aromatic N) is 3. The predicted molar refractivity (Wildman–Crippen MR) is 89.1 cm³/mol. The van der Waals surface area contributed by atoms with E-state index in [-0.39, 0.29) is 0 Å². The summed E-state index contributed by atoms with van der Waals surface area (Å²) in [4.78, 5) is 9.63. The number of hydrogen-bond acceptors (Lipinski definition) is 5. The number of fused-ring (bicyclic) bond motifs is 1. The number of piperazine rings is 1. The molecule has 3 rings (SSSR count). The van der Waals surface area contributed by atoms with Crippen molar-refractivity contribution in [1.82, 2.24) is 14.8 Å². The zero-order chi connectivity index (χ0) is 15.4. The molecule has 2 aliphatic heterocycles. The van der Waals surface area contributed by atoms with Gasteiger partial charge < -0.3 is 10.1 Å². The number of nitrogens with one attached hydrogen (secondary N) is 1. The average Bonchev–Trinajstić information content (AvgIpc) is 2.56. The van der Waals surface area contributed by atoms with Crippen molar-refractivity contribution in [3.63, 3.8) is 0 Å². The molecule has 2 saturated heterocycles. The van der Waals surface area contributed by atoms with Crippen molar-refractivity contribution in [2.45, 2.75) is 38.4 Å². The van der Waals surface area contributed by atoms with E-state index >= 15 is 0 Å². The van der Waals surface area contributed by atoms with E-state index in [9.17, 15) is 0 Å². The fraction of sp³-hybridized carbons (Fsp3) is 0.706. The number of pyridine rings is 1. The van der Waals surface area contributed by atoms with Crippen LogP contribution in [0, 0.1) is 0 Å². The van der Waals surface area contributed by atoms with Gasteiger partial charge in [-0.3, -0.25) is 9.80 Å². The maximum atomic E-state index is 5.85. The first kappa shape index (κ1) is 15.7. The second kappa shape index (κ2) is 7.40. The lowest BCUT2D eigenvalue weighted by molar-refractivity contribution is -0.0840. The minimum Gasteiger partial charge on any atom is -0.378 e. The molecule has 0 aromatic carbocycles. The second-order valence-corrected chi connectivity index (χ2v) is 6.37. The summed E-state index contributed by atoms with van der Waals surface area (Å²) in [5.41, 5.74) is 1.28. The summed E-state index contributed by atoms with van der Waals surface area (Å²) in [5.74, 6) is 0.994. The van der Waals surface area contributed by atoms with Crippen LogP contribution in [0.4, 0.5) is 5.82 Å². The topological polar surface area (TPSA) is 40.6 Å². The lowest BCUT2D eigenvalue weighted by Gasteiger charge is -2.48. The molecule has 2 fully saturated rings. The van der Waals surface area contributed by atoms with Gasteiger partial charge in [-0.15, -0.1) is 0 Å². The lowest BCUT2D eigenvalue weighted by atomic mass is 10.0. The summed E-state index contributed by atoms with van der Waals surface area (Å²) in [5, 5.41) is 3.19. The Morgan fingerprint density at radius 1 is 1.36 bits per heavy atom. The quantitative estimate of drug-likeness (QED) is 0.898. The smallest absolute Gasteiger partial charge is 0.130 e. The largest absolute Gasteiger partial charge is 0.378 e. The van der Waals surface area contributed by atoms with E-state index in [0.717, 1.165) is 45.2 Å². The van der Waals surface area contributed by atoms with Gasteiger partial charge in [0.1, 0.15) is 5.82 Å². The Bertz CT molecular complexity index is 479. The first-order valence-electron chi connectivity index (χ1n) is 8.49. The summed E-state index contributed by atoms with van der Waals surface area (Å²) < 4.78 is 5.85. The molecule has 2 aliphatic rings. The van der Waals surface area contributed by atoms with Gasteiger partial charge in [-0.25, -0.2) is 4.98 Å². The van der Waals surface area contributed by atoms with E-state index in [4.69, 9.17) is 4.74 Å². The third-order valence-electron chi connectivity index (χ3n) is 4.85. The number of ether oxygens (including phenoxy) is 1. The molecule has 1 aromatic rings. The number of anilines is 1. The highest BCUT2D eigenvalue weighted by Gasteiger charge is 2.35. The molecule has 0 radical (unpaired) electrons. The predicted octanol–water partition coefficient (Wildman–Crippen LogP) is 1.81. The summed E-state index contributed by atoms with van der Waals surface area (Å²) >= 11 is 0. The molecule has 0 aliphatic carbocycles. The van der Waals surface area contributed by atoms with Crippen molar-refractivity contribution < 1.29 is 4.74 Å². The molecule has 0 bridgehead atoms. The zero-order valence-electron chi connectivity index (χ0n) is 13.8. The van der Waals surface area contributed by atoms with Crippen molar-refractivity contribution in [2.24, 2.45) is 0 Å². The number of hydrogen-bond donors (Lipinski definition) is 1. The third kappa shape index (κ3) is 3.42. The number of morpholine rings is 1. The summed E-state index contributed by atoms with van der Waals surface area (Å²) in [6, 6.07) is 5.36. The van der Waals surface area contributed by atoms with Crippen molar-refractivity contribution in [1.29, 1.82) is 0 Å². The van der Waals surface area contributed by atoms with Crippen LogP contribution in [0.5, 0.6) is 0 Å². The molecule has 5 heteroatoms. The Kier molecular flexibility index (Phi) is 5.28. The molecule has 3 heterocycles. The fourth-order valence-corrected chi connectivity index (χ4v) is 3.76. The van der Waals surface area contributed by atoms with Gasteiger partial charge in [0.05, 0.1) is 13.2 Å². The minimum absolute atomic E-state index is 0.550. The van der Waals surface area contributed by atoms with Gasteiger partial charge in [0, 0.05) is 57.1 Å².